The predicted octanol–water partition coefficient (Wildman–Crippen LogP) is 4.21. The Morgan fingerprint density at radius 3 is 1.62 bits per heavy atom. The van der Waals surface area contributed by atoms with Gasteiger partial charge in [0.2, 0.25) is 0 Å². The van der Waals surface area contributed by atoms with E-state index < -0.39 is 17.9 Å². The van der Waals surface area contributed by atoms with Gasteiger partial charge in [-0.1, -0.05) is 0 Å². The summed E-state index contributed by atoms with van der Waals surface area (Å²) in [6.45, 7) is 3.83. The van der Waals surface area contributed by atoms with Gasteiger partial charge in [-0.3, -0.25) is 0 Å². The molecule has 180 valence electrons. The zero-order valence-corrected chi connectivity index (χ0v) is 20.0. The van der Waals surface area contributed by atoms with E-state index in [1.54, 1.807) is 68.6 Å². The Kier molecular flexibility index (Phi) is 8.19. The lowest BCUT2D eigenvalue weighted by atomic mass is 9.83. The summed E-state index contributed by atoms with van der Waals surface area (Å²) >= 11 is 0. The molecule has 0 saturated heterocycles. The molecule has 1 heterocycles. The van der Waals surface area contributed by atoms with E-state index in [9.17, 15) is 9.59 Å². The van der Waals surface area contributed by atoms with Crippen LogP contribution in [-0.4, -0.2) is 46.5 Å². The van der Waals surface area contributed by atoms with Crippen LogP contribution in [0.4, 0.5) is 5.69 Å². The van der Waals surface area contributed by atoms with Crippen molar-refractivity contribution < 1.29 is 33.3 Å². The van der Waals surface area contributed by atoms with Gasteiger partial charge in [0.1, 0.15) is 17.2 Å². The topological polar surface area (TPSA) is 83.5 Å². The van der Waals surface area contributed by atoms with Crippen LogP contribution >= 0.6 is 0 Å². The van der Waals surface area contributed by atoms with Crippen LogP contribution in [0.15, 0.2) is 66.0 Å². The number of anilines is 1. The number of benzene rings is 2. The van der Waals surface area contributed by atoms with E-state index in [0.29, 0.717) is 22.8 Å². The number of carbonyl (C=O) groups excluding carboxylic acids is 2. The number of hydrogen-bond donors (Lipinski definition) is 0. The van der Waals surface area contributed by atoms with Gasteiger partial charge in [0.25, 0.3) is 0 Å². The maximum absolute atomic E-state index is 13.1. The predicted molar refractivity (Wildman–Crippen MR) is 127 cm³/mol. The van der Waals surface area contributed by atoms with Gasteiger partial charge in [-0.15, -0.1) is 0 Å². The number of rotatable bonds is 9. The molecule has 2 aromatic rings. The van der Waals surface area contributed by atoms with Crippen molar-refractivity contribution in [3.8, 4) is 17.2 Å². The number of ether oxygens (including phenoxy) is 5. The molecule has 1 aliphatic heterocycles. The molecule has 8 nitrogen and oxygen atoms in total. The second kappa shape index (κ2) is 11.3. The third-order valence-corrected chi connectivity index (χ3v) is 5.28. The lowest BCUT2D eigenvalue weighted by Gasteiger charge is -2.30. The average Bonchev–Trinajstić information content (AvgIpc) is 2.87. The van der Waals surface area contributed by atoms with Gasteiger partial charge < -0.3 is 28.6 Å². The van der Waals surface area contributed by atoms with Gasteiger partial charge in [0.05, 0.1) is 51.6 Å². The summed E-state index contributed by atoms with van der Waals surface area (Å²) in [6.07, 6.45) is 3.33. The van der Waals surface area contributed by atoms with Crippen molar-refractivity contribution in [3.63, 3.8) is 0 Å². The lowest BCUT2D eigenvalue weighted by Crippen LogP contribution is -2.29. The summed E-state index contributed by atoms with van der Waals surface area (Å²) in [4.78, 5) is 27.9. The highest BCUT2D eigenvalue weighted by atomic mass is 16.5. The molecule has 0 saturated carbocycles. The Labute approximate surface area is 199 Å². The van der Waals surface area contributed by atoms with Crippen molar-refractivity contribution >= 4 is 17.6 Å². The fraction of sp³-hybridized carbons (Fsp3) is 0.308. The Morgan fingerprint density at radius 1 is 0.735 bits per heavy atom. The van der Waals surface area contributed by atoms with E-state index in [4.69, 9.17) is 23.7 Å². The first-order valence-electron chi connectivity index (χ1n) is 10.9. The summed E-state index contributed by atoms with van der Waals surface area (Å²) in [6, 6.07) is 12.5. The summed E-state index contributed by atoms with van der Waals surface area (Å²) in [7, 11) is 4.66. The standard InChI is InChI=1S/C26H29NO7/c1-6-33-25(28)22-15-27(18-8-10-19(30-3)11-9-18)16-23(26(29)34-7-2)24(22)17-12-20(31-4)14-21(13-17)32-5/h8-16,24H,6-7H2,1-5H3. The molecule has 3 rings (SSSR count). The van der Waals surface area contributed by atoms with Crippen LogP contribution in [0.25, 0.3) is 0 Å². The SMILES string of the molecule is CCOC(=O)C1=CN(c2ccc(OC)cc2)C=C(C(=O)OCC)C1c1cc(OC)cc(OC)c1. The van der Waals surface area contributed by atoms with Crippen molar-refractivity contribution in [3.05, 3.63) is 71.6 Å². The fourth-order valence-corrected chi connectivity index (χ4v) is 3.68. The van der Waals surface area contributed by atoms with Gasteiger partial charge in [-0.25, -0.2) is 9.59 Å². The minimum Gasteiger partial charge on any atom is -0.497 e. The normalized spacial score (nSPS) is 13.5. The first-order chi connectivity index (χ1) is 16.4. The maximum Gasteiger partial charge on any atom is 0.336 e. The Morgan fingerprint density at radius 2 is 1.21 bits per heavy atom. The molecule has 34 heavy (non-hydrogen) atoms. The van der Waals surface area contributed by atoms with Gasteiger partial charge >= 0.3 is 11.9 Å². The summed E-state index contributed by atoms with van der Waals surface area (Å²) in [5.74, 6) is -0.0926. The molecule has 0 aromatic heterocycles. The quantitative estimate of drug-likeness (QED) is 0.507. The molecule has 0 amide bonds. The highest BCUT2D eigenvalue weighted by Crippen LogP contribution is 2.41. The van der Waals surface area contributed by atoms with Gasteiger partial charge in [0, 0.05) is 24.2 Å². The molecular weight excluding hydrogens is 438 g/mol. The van der Waals surface area contributed by atoms with Crippen LogP contribution in [0.2, 0.25) is 0 Å². The van der Waals surface area contributed by atoms with Crippen LogP contribution in [0, 0.1) is 0 Å². The van der Waals surface area contributed by atoms with Crippen LogP contribution in [-0.2, 0) is 19.1 Å². The van der Waals surface area contributed by atoms with E-state index in [1.807, 2.05) is 12.1 Å². The summed E-state index contributed by atoms with van der Waals surface area (Å²) < 4.78 is 26.8. The largest absolute Gasteiger partial charge is 0.497 e. The second-order valence-electron chi connectivity index (χ2n) is 7.29. The highest BCUT2D eigenvalue weighted by Gasteiger charge is 2.36. The second-order valence-corrected chi connectivity index (χ2v) is 7.29. The van der Waals surface area contributed by atoms with Crippen LogP contribution in [0.5, 0.6) is 17.2 Å². The zero-order chi connectivity index (χ0) is 24.7. The maximum atomic E-state index is 13.1. The molecule has 1 aliphatic rings. The first-order valence-corrected chi connectivity index (χ1v) is 10.9. The van der Waals surface area contributed by atoms with E-state index in [1.165, 1.54) is 14.2 Å². The van der Waals surface area contributed by atoms with Crippen LogP contribution in [0.3, 0.4) is 0 Å². The van der Waals surface area contributed by atoms with Crippen LogP contribution in [0.1, 0.15) is 25.3 Å². The number of carbonyl (C=O) groups is 2. The van der Waals surface area contributed by atoms with Crippen LogP contribution < -0.4 is 19.1 Å². The molecule has 0 atom stereocenters. The lowest BCUT2D eigenvalue weighted by molar-refractivity contribution is -0.139. The van der Waals surface area contributed by atoms with Crippen molar-refractivity contribution in [2.45, 2.75) is 19.8 Å². The van der Waals surface area contributed by atoms with Crippen molar-refractivity contribution in [2.24, 2.45) is 0 Å². The monoisotopic (exact) mass is 467 g/mol. The van der Waals surface area contributed by atoms with E-state index in [0.717, 1.165) is 5.69 Å². The molecular formula is C26H29NO7. The highest BCUT2D eigenvalue weighted by molar-refractivity contribution is 6.00. The van der Waals surface area contributed by atoms with Crippen molar-refractivity contribution in [1.82, 2.24) is 0 Å². The Hall–Kier alpha value is -3.94. The Balaban J connectivity index is 2.20. The molecule has 0 spiro atoms. The average molecular weight is 468 g/mol. The number of hydrogen-bond acceptors (Lipinski definition) is 8. The molecule has 0 bridgehead atoms. The van der Waals surface area contributed by atoms with Gasteiger partial charge in [-0.2, -0.15) is 0 Å². The number of nitrogens with zero attached hydrogens (tertiary/aromatic N) is 1. The molecule has 8 heteroatoms. The molecule has 0 unspecified atom stereocenters. The van der Waals surface area contributed by atoms with E-state index in [2.05, 4.69) is 0 Å². The molecule has 0 N–H and O–H groups in total. The summed E-state index contributed by atoms with van der Waals surface area (Å²) in [5.41, 5.74) is 1.91. The first kappa shape index (κ1) is 24.7. The number of esters is 2. The molecule has 0 fully saturated rings. The van der Waals surface area contributed by atoms with E-state index >= 15 is 0 Å². The van der Waals surface area contributed by atoms with Gasteiger partial charge in [0.15, 0.2) is 0 Å². The minimum atomic E-state index is -0.753. The van der Waals surface area contributed by atoms with Crippen molar-refractivity contribution in [1.29, 1.82) is 0 Å². The smallest absolute Gasteiger partial charge is 0.336 e. The fourth-order valence-electron chi connectivity index (χ4n) is 3.68. The van der Waals surface area contributed by atoms with Crippen molar-refractivity contribution in [2.75, 3.05) is 39.4 Å². The Bertz CT molecular complexity index is 1030. The van der Waals surface area contributed by atoms with E-state index in [-0.39, 0.29) is 24.4 Å². The third kappa shape index (κ3) is 5.33. The molecule has 0 aliphatic carbocycles. The number of methoxy groups -OCH3 is 3. The molecule has 2 aromatic carbocycles. The minimum absolute atomic E-state index is 0.186. The zero-order valence-electron chi connectivity index (χ0n) is 20.0. The van der Waals surface area contributed by atoms with Gasteiger partial charge in [-0.05, 0) is 55.8 Å². The molecule has 0 radical (unpaired) electrons. The third-order valence-electron chi connectivity index (χ3n) is 5.28. The summed E-state index contributed by atoms with van der Waals surface area (Å²) in [5, 5.41) is 0.